The Morgan fingerprint density at radius 1 is 1.03 bits per heavy atom. The van der Waals surface area contributed by atoms with Crippen LogP contribution in [0.5, 0.6) is 0 Å². The van der Waals surface area contributed by atoms with Gasteiger partial charge in [0.1, 0.15) is 11.4 Å². The number of benzene rings is 2. The molecule has 0 spiro atoms. The first-order valence-electron chi connectivity index (χ1n) is 12.2. The molecule has 0 radical (unpaired) electrons. The number of aromatic amines is 2. The molecule has 8 nitrogen and oxygen atoms in total. The minimum Gasteiger partial charge on any atom is -0.379 e. The van der Waals surface area contributed by atoms with Gasteiger partial charge in [-0.25, -0.2) is 4.98 Å². The minimum atomic E-state index is -0.168. The maximum Gasteiger partial charge on any atom is 0.261 e. The molecule has 5 N–H and O–H groups in total. The normalized spacial score (nSPS) is 21.3. The van der Waals surface area contributed by atoms with E-state index < -0.39 is 0 Å². The lowest BCUT2D eigenvalue weighted by Crippen LogP contribution is -2.43. The van der Waals surface area contributed by atoms with Crippen molar-refractivity contribution < 1.29 is 4.74 Å². The van der Waals surface area contributed by atoms with Crippen LogP contribution in [0, 0.1) is 0 Å². The van der Waals surface area contributed by atoms with Gasteiger partial charge in [-0.1, -0.05) is 31.0 Å². The summed E-state index contributed by atoms with van der Waals surface area (Å²) in [6, 6.07) is 14.3. The Morgan fingerprint density at radius 2 is 1.85 bits per heavy atom. The van der Waals surface area contributed by atoms with Crippen molar-refractivity contribution in [2.75, 3.05) is 36.5 Å². The van der Waals surface area contributed by atoms with Crippen molar-refractivity contribution in [2.24, 2.45) is 5.73 Å². The maximum absolute atomic E-state index is 13.4. The second-order valence-electron chi connectivity index (χ2n) is 9.34. The van der Waals surface area contributed by atoms with E-state index in [9.17, 15) is 4.79 Å². The highest BCUT2D eigenvalue weighted by Gasteiger charge is 2.25. The van der Waals surface area contributed by atoms with Gasteiger partial charge in [-0.2, -0.15) is 0 Å². The van der Waals surface area contributed by atoms with Crippen molar-refractivity contribution in [1.29, 1.82) is 0 Å². The highest BCUT2D eigenvalue weighted by molar-refractivity contribution is 5.99. The number of nitrogens with one attached hydrogen (secondary N) is 3. The molecule has 6 rings (SSSR count). The van der Waals surface area contributed by atoms with E-state index in [4.69, 9.17) is 15.5 Å². The standard InChI is InChI=1S/C26H30N6O2/c27-18-6-2-4-8-20(18)28-24-17-5-1-3-7-19(17)31-26(33)23(24)25-29-21-10-9-16(15-22(21)30-25)32-11-13-34-14-12-32/h1,3,5,7,9-10,15,18,20H,2,4,6,8,11-14,27H2,(H,29,30)(H2,28,31,33)/t18-,20+/m1/s1. The number of hydrogen-bond donors (Lipinski definition) is 4. The summed E-state index contributed by atoms with van der Waals surface area (Å²) in [4.78, 5) is 27.0. The molecule has 1 aliphatic carbocycles. The van der Waals surface area contributed by atoms with Crippen LogP contribution in [0.25, 0.3) is 33.3 Å². The van der Waals surface area contributed by atoms with Gasteiger partial charge in [-0.05, 0) is 37.1 Å². The van der Waals surface area contributed by atoms with Gasteiger partial charge in [0, 0.05) is 36.2 Å². The largest absolute Gasteiger partial charge is 0.379 e. The van der Waals surface area contributed by atoms with Gasteiger partial charge in [0.2, 0.25) is 0 Å². The molecule has 34 heavy (non-hydrogen) atoms. The SMILES string of the molecule is N[C@@H]1CCCC[C@@H]1Nc1c(-c2nc3cc(N4CCOCC4)ccc3[nH]2)c(=O)[nH]c2ccccc12. The average molecular weight is 459 g/mol. The number of nitrogens with zero attached hydrogens (tertiary/aromatic N) is 2. The molecule has 1 saturated heterocycles. The zero-order chi connectivity index (χ0) is 23.1. The molecule has 0 amide bonds. The Balaban J connectivity index is 1.46. The molecule has 1 saturated carbocycles. The molecular formula is C26H30N6O2. The molecule has 2 aromatic heterocycles. The van der Waals surface area contributed by atoms with Crippen molar-refractivity contribution in [3.8, 4) is 11.4 Å². The second kappa shape index (κ2) is 8.77. The number of hydrogen-bond acceptors (Lipinski definition) is 6. The predicted octanol–water partition coefficient (Wildman–Crippen LogP) is 3.59. The van der Waals surface area contributed by atoms with Crippen LogP contribution in [0.3, 0.4) is 0 Å². The van der Waals surface area contributed by atoms with Crippen molar-refractivity contribution in [3.05, 3.63) is 52.8 Å². The third-order valence-electron chi connectivity index (χ3n) is 7.15. The molecule has 0 bridgehead atoms. The number of morpholine rings is 1. The van der Waals surface area contributed by atoms with Crippen LogP contribution >= 0.6 is 0 Å². The number of imidazole rings is 1. The summed E-state index contributed by atoms with van der Waals surface area (Å²) in [6.07, 6.45) is 4.27. The average Bonchev–Trinajstić information content (AvgIpc) is 3.28. The molecule has 4 aromatic rings. The quantitative estimate of drug-likeness (QED) is 0.372. The number of aromatic nitrogens is 3. The topological polar surface area (TPSA) is 112 Å². The lowest BCUT2D eigenvalue weighted by atomic mass is 9.90. The van der Waals surface area contributed by atoms with E-state index in [0.717, 1.165) is 85.3 Å². The van der Waals surface area contributed by atoms with Gasteiger partial charge in [0.05, 0.1) is 35.5 Å². The number of ether oxygens (including phenoxy) is 1. The van der Waals surface area contributed by atoms with Crippen molar-refractivity contribution in [2.45, 2.75) is 37.8 Å². The minimum absolute atomic E-state index is 0.0615. The van der Waals surface area contributed by atoms with Crippen LogP contribution in [0.4, 0.5) is 11.4 Å². The van der Waals surface area contributed by atoms with Gasteiger partial charge < -0.3 is 30.7 Å². The van der Waals surface area contributed by atoms with E-state index in [0.29, 0.717) is 11.4 Å². The summed E-state index contributed by atoms with van der Waals surface area (Å²) in [5.74, 6) is 0.563. The van der Waals surface area contributed by atoms with Gasteiger partial charge in [0.25, 0.3) is 5.56 Å². The van der Waals surface area contributed by atoms with Crippen LogP contribution < -0.4 is 21.5 Å². The van der Waals surface area contributed by atoms with E-state index in [2.05, 4.69) is 32.3 Å². The molecule has 8 heteroatoms. The van der Waals surface area contributed by atoms with Crippen LogP contribution in [-0.2, 0) is 4.74 Å². The summed E-state index contributed by atoms with van der Waals surface area (Å²) < 4.78 is 5.48. The van der Waals surface area contributed by atoms with Crippen LogP contribution in [0.1, 0.15) is 25.7 Å². The third-order valence-corrected chi connectivity index (χ3v) is 7.15. The molecular weight excluding hydrogens is 428 g/mol. The first-order valence-corrected chi connectivity index (χ1v) is 12.2. The highest BCUT2D eigenvalue weighted by atomic mass is 16.5. The molecule has 1 aliphatic heterocycles. The number of nitrogens with two attached hydrogens (primary N) is 1. The molecule has 2 fully saturated rings. The highest BCUT2D eigenvalue weighted by Crippen LogP contribution is 2.33. The Hall–Kier alpha value is -3.36. The summed E-state index contributed by atoms with van der Waals surface area (Å²) in [6.45, 7) is 3.19. The van der Waals surface area contributed by atoms with Crippen molar-refractivity contribution >= 4 is 33.3 Å². The fourth-order valence-corrected chi connectivity index (χ4v) is 5.27. The molecule has 3 heterocycles. The molecule has 2 aromatic carbocycles. The zero-order valence-electron chi connectivity index (χ0n) is 19.1. The Kier molecular flexibility index (Phi) is 5.47. The van der Waals surface area contributed by atoms with Gasteiger partial charge in [-0.15, -0.1) is 0 Å². The first-order chi connectivity index (χ1) is 16.7. The van der Waals surface area contributed by atoms with E-state index in [1.54, 1.807) is 0 Å². The van der Waals surface area contributed by atoms with E-state index in [1.807, 2.05) is 30.3 Å². The lowest BCUT2D eigenvalue weighted by Gasteiger charge is -2.31. The number of pyridine rings is 1. The fourth-order valence-electron chi connectivity index (χ4n) is 5.27. The maximum atomic E-state index is 13.4. The van der Waals surface area contributed by atoms with Crippen molar-refractivity contribution in [3.63, 3.8) is 0 Å². The van der Waals surface area contributed by atoms with Gasteiger partial charge in [-0.3, -0.25) is 4.79 Å². The number of H-pyrrole nitrogens is 2. The number of anilines is 2. The zero-order valence-corrected chi connectivity index (χ0v) is 19.1. The van der Waals surface area contributed by atoms with Crippen molar-refractivity contribution in [1.82, 2.24) is 15.0 Å². The van der Waals surface area contributed by atoms with Crippen LogP contribution in [0.2, 0.25) is 0 Å². The third kappa shape index (κ3) is 3.82. The number of fused-ring (bicyclic) bond motifs is 2. The van der Waals surface area contributed by atoms with Crippen LogP contribution in [-0.4, -0.2) is 53.3 Å². The Morgan fingerprint density at radius 3 is 2.71 bits per heavy atom. The summed E-state index contributed by atoms with van der Waals surface area (Å²) in [5, 5.41) is 4.62. The molecule has 2 aliphatic rings. The summed E-state index contributed by atoms with van der Waals surface area (Å²) in [7, 11) is 0. The Labute approximate surface area is 197 Å². The smallest absolute Gasteiger partial charge is 0.261 e. The number of rotatable bonds is 4. The molecule has 0 unspecified atom stereocenters. The number of para-hydroxylation sites is 1. The molecule has 2 atom stereocenters. The first kappa shape index (κ1) is 21.2. The fraction of sp³-hybridized carbons (Fsp3) is 0.385. The summed E-state index contributed by atoms with van der Waals surface area (Å²) >= 11 is 0. The van der Waals surface area contributed by atoms with Gasteiger partial charge in [0.15, 0.2) is 0 Å². The van der Waals surface area contributed by atoms with E-state index in [-0.39, 0.29) is 17.6 Å². The van der Waals surface area contributed by atoms with Gasteiger partial charge >= 0.3 is 0 Å². The Bertz CT molecular complexity index is 1390. The predicted molar refractivity (Wildman–Crippen MR) is 137 cm³/mol. The van der Waals surface area contributed by atoms with E-state index in [1.165, 1.54) is 0 Å². The second-order valence-corrected chi connectivity index (χ2v) is 9.34. The van der Waals surface area contributed by atoms with E-state index >= 15 is 0 Å². The lowest BCUT2D eigenvalue weighted by molar-refractivity contribution is 0.122. The van der Waals surface area contributed by atoms with Crippen LogP contribution in [0.15, 0.2) is 47.3 Å². The monoisotopic (exact) mass is 458 g/mol. The summed E-state index contributed by atoms with van der Waals surface area (Å²) in [5.41, 5.74) is 11.3. The molecule has 176 valence electrons.